The molecule has 0 radical (unpaired) electrons. The van der Waals surface area contributed by atoms with Crippen LogP contribution in [0.4, 0.5) is 0 Å². The monoisotopic (exact) mass is 425 g/mol. The van der Waals surface area contributed by atoms with Crippen molar-refractivity contribution >= 4 is 42.3 Å². The first kappa shape index (κ1) is 25.4. The van der Waals surface area contributed by atoms with Gasteiger partial charge in [-0.05, 0) is 23.1 Å². The molecule has 3 N–H and O–H groups in total. The number of carbonyl (C=O) groups excluding carboxylic acids is 1. The second-order valence-corrected chi connectivity index (χ2v) is 7.74. The molecule has 1 saturated heterocycles. The predicted octanol–water partition coefficient (Wildman–Crippen LogP) is 3.05. The fraction of sp³-hybridized carbons (Fsp3) is 0.611. The third-order valence-corrected chi connectivity index (χ3v) is 4.68. The molecule has 1 fully saturated rings. The van der Waals surface area contributed by atoms with E-state index in [9.17, 15) is 4.79 Å². The molecule has 0 aromatic heterocycles. The van der Waals surface area contributed by atoms with Gasteiger partial charge in [-0.25, -0.2) is 0 Å². The molecule has 2 atom stereocenters. The van der Waals surface area contributed by atoms with Gasteiger partial charge in [0, 0.05) is 24.7 Å². The average Bonchev–Trinajstić information content (AvgIpc) is 2.56. The summed E-state index contributed by atoms with van der Waals surface area (Å²) in [4.78, 5) is 14.7. The molecule has 1 aliphatic rings. The fourth-order valence-corrected chi connectivity index (χ4v) is 2.86. The quantitative estimate of drug-likeness (QED) is 0.759. The number of nitrogens with two attached hydrogens (primary N) is 1. The number of benzene rings is 1. The number of morpholine rings is 1. The summed E-state index contributed by atoms with van der Waals surface area (Å²) in [6.45, 7) is 9.52. The topological polar surface area (TPSA) is 67.6 Å². The summed E-state index contributed by atoms with van der Waals surface area (Å²) >= 11 is 6.00. The molecule has 1 aliphatic heterocycles. The van der Waals surface area contributed by atoms with Crippen LogP contribution in [0.2, 0.25) is 5.02 Å². The number of rotatable bonds is 5. The van der Waals surface area contributed by atoms with E-state index in [0.29, 0.717) is 24.8 Å². The molecule has 0 saturated carbocycles. The number of carbonyl (C=O) groups is 1. The van der Waals surface area contributed by atoms with Gasteiger partial charge in [-0.15, -0.1) is 24.8 Å². The number of amides is 1. The highest BCUT2D eigenvalue weighted by Crippen LogP contribution is 2.23. The molecule has 8 heteroatoms. The van der Waals surface area contributed by atoms with Crippen LogP contribution in [0.15, 0.2) is 24.3 Å². The standard InChI is InChI=1S/C18H28ClN3O2.2ClH/c1-18(2,3)16(20)17(23)21-12-15(22-8-10-24-11-9-22)13-4-6-14(19)7-5-13;;/h4-7,15-16H,8-12,20H2,1-3H3,(H,21,23);2*1H/t15?,16-;;/m1../s1. The minimum atomic E-state index is -0.534. The van der Waals surface area contributed by atoms with Gasteiger partial charge in [0.1, 0.15) is 0 Å². The van der Waals surface area contributed by atoms with Crippen LogP contribution in [0.25, 0.3) is 0 Å². The molecule has 150 valence electrons. The second-order valence-electron chi connectivity index (χ2n) is 7.30. The molecule has 26 heavy (non-hydrogen) atoms. The van der Waals surface area contributed by atoms with Crippen LogP contribution >= 0.6 is 36.4 Å². The van der Waals surface area contributed by atoms with E-state index in [-0.39, 0.29) is 42.2 Å². The SMILES string of the molecule is CC(C)(C)[C@H](N)C(=O)NCC(c1ccc(Cl)cc1)N1CCOCC1.Cl.Cl. The van der Waals surface area contributed by atoms with E-state index < -0.39 is 6.04 Å². The van der Waals surface area contributed by atoms with Crippen molar-refractivity contribution in [3.63, 3.8) is 0 Å². The predicted molar refractivity (Wildman–Crippen MR) is 112 cm³/mol. The van der Waals surface area contributed by atoms with E-state index in [1.807, 2.05) is 45.0 Å². The molecular formula is C18H30Cl3N3O2. The third kappa shape index (κ3) is 7.22. The van der Waals surface area contributed by atoms with Gasteiger partial charge in [0.15, 0.2) is 0 Å². The Morgan fingerprint density at radius 2 is 1.77 bits per heavy atom. The highest BCUT2D eigenvalue weighted by Gasteiger charge is 2.29. The maximum atomic E-state index is 12.4. The van der Waals surface area contributed by atoms with Gasteiger partial charge in [0.25, 0.3) is 0 Å². The van der Waals surface area contributed by atoms with E-state index >= 15 is 0 Å². The fourth-order valence-electron chi connectivity index (χ4n) is 2.73. The summed E-state index contributed by atoms with van der Waals surface area (Å²) in [5.41, 5.74) is 6.92. The first-order valence-electron chi connectivity index (χ1n) is 8.39. The molecule has 1 aromatic carbocycles. The summed E-state index contributed by atoms with van der Waals surface area (Å²) in [6.07, 6.45) is 0. The summed E-state index contributed by atoms with van der Waals surface area (Å²) < 4.78 is 5.44. The Bertz CT molecular complexity index is 544. The van der Waals surface area contributed by atoms with Crippen molar-refractivity contribution in [2.45, 2.75) is 32.9 Å². The molecule has 1 aromatic rings. The third-order valence-electron chi connectivity index (χ3n) is 4.43. The Hall–Kier alpha value is -0.560. The molecule has 0 spiro atoms. The zero-order valence-electron chi connectivity index (χ0n) is 15.5. The molecule has 1 unspecified atom stereocenters. The lowest BCUT2D eigenvalue weighted by Gasteiger charge is -2.35. The molecule has 1 heterocycles. The zero-order chi connectivity index (χ0) is 17.7. The van der Waals surface area contributed by atoms with Crippen LogP contribution in [-0.2, 0) is 9.53 Å². The summed E-state index contributed by atoms with van der Waals surface area (Å²) in [5.74, 6) is -0.116. The van der Waals surface area contributed by atoms with Crippen LogP contribution in [0.1, 0.15) is 32.4 Å². The summed E-state index contributed by atoms with van der Waals surface area (Å²) in [7, 11) is 0. The zero-order valence-corrected chi connectivity index (χ0v) is 17.9. The van der Waals surface area contributed by atoms with Gasteiger partial charge in [0.2, 0.25) is 5.91 Å². The number of halogens is 3. The normalized spacial score (nSPS) is 17.4. The number of ether oxygens (including phenoxy) is 1. The maximum absolute atomic E-state index is 12.4. The maximum Gasteiger partial charge on any atom is 0.237 e. The van der Waals surface area contributed by atoms with Gasteiger partial charge in [-0.1, -0.05) is 44.5 Å². The minimum Gasteiger partial charge on any atom is -0.379 e. The Kier molecular flexibility index (Phi) is 11.1. The van der Waals surface area contributed by atoms with Crippen LogP contribution in [0.3, 0.4) is 0 Å². The van der Waals surface area contributed by atoms with Crippen LogP contribution < -0.4 is 11.1 Å². The highest BCUT2D eigenvalue weighted by atomic mass is 35.5. The van der Waals surface area contributed by atoms with Crippen LogP contribution in [0.5, 0.6) is 0 Å². The number of hydrogen-bond acceptors (Lipinski definition) is 4. The van der Waals surface area contributed by atoms with Crippen LogP contribution in [-0.4, -0.2) is 49.7 Å². The Morgan fingerprint density at radius 3 is 2.27 bits per heavy atom. The number of nitrogens with one attached hydrogen (secondary N) is 1. The number of hydrogen-bond donors (Lipinski definition) is 2. The minimum absolute atomic E-state index is 0. The summed E-state index contributed by atoms with van der Waals surface area (Å²) in [5, 5.41) is 3.73. The van der Waals surface area contributed by atoms with Crippen molar-refractivity contribution in [2.75, 3.05) is 32.8 Å². The van der Waals surface area contributed by atoms with Gasteiger partial charge in [-0.2, -0.15) is 0 Å². The Labute approximate surface area is 173 Å². The van der Waals surface area contributed by atoms with E-state index in [4.69, 9.17) is 22.1 Å². The van der Waals surface area contributed by atoms with Gasteiger partial charge in [-0.3, -0.25) is 9.69 Å². The summed E-state index contributed by atoms with van der Waals surface area (Å²) in [6, 6.07) is 7.34. The van der Waals surface area contributed by atoms with Crippen LogP contribution in [0, 0.1) is 5.41 Å². The van der Waals surface area contributed by atoms with Crippen molar-refractivity contribution in [1.82, 2.24) is 10.2 Å². The van der Waals surface area contributed by atoms with Crippen molar-refractivity contribution < 1.29 is 9.53 Å². The lowest BCUT2D eigenvalue weighted by Crippen LogP contribution is -2.51. The first-order valence-corrected chi connectivity index (χ1v) is 8.77. The highest BCUT2D eigenvalue weighted by molar-refractivity contribution is 6.30. The lowest BCUT2D eigenvalue weighted by atomic mass is 9.87. The molecule has 0 bridgehead atoms. The van der Waals surface area contributed by atoms with Crippen molar-refractivity contribution in [1.29, 1.82) is 0 Å². The average molecular weight is 427 g/mol. The van der Waals surface area contributed by atoms with Gasteiger partial charge >= 0.3 is 0 Å². The molecule has 0 aliphatic carbocycles. The first-order chi connectivity index (χ1) is 11.3. The van der Waals surface area contributed by atoms with E-state index in [1.165, 1.54) is 0 Å². The molecule has 2 rings (SSSR count). The van der Waals surface area contributed by atoms with E-state index in [0.717, 1.165) is 18.7 Å². The number of nitrogens with zero attached hydrogens (tertiary/aromatic N) is 1. The smallest absolute Gasteiger partial charge is 0.237 e. The largest absolute Gasteiger partial charge is 0.379 e. The Morgan fingerprint density at radius 1 is 1.23 bits per heavy atom. The van der Waals surface area contributed by atoms with Crippen molar-refractivity contribution in [3.8, 4) is 0 Å². The van der Waals surface area contributed by atoms with E-state index in [1.54, 1.807) is 0 Å². The Balaban J connectivity index is 0.00000312. The second kappa shape index (κ2) is 11.3. The molecule has 5 nitrogen and oxygen atoms in total. The van der Waals surface area contributed by atoms with Crippen molar-refractivity contribution in [2.24, 2.45) is 11.1 Å². The van der Waals surface area contributed by atoms with Gasteiger partial charge < -0.3 is 15.8 Å². The molecular weight excluding hydrogens is 397 g/mol. The molecule has 1 amide bonds. The van der Waals surface area contributed by atoms with Crippen molar-refractivity contribution in [3.05, 3.63) is 34.9 Å². The van der Waals surface area contributed by atoms with Gasteiger partial charge in [0.05, 0.1) is 25.3 Å². The van der Waals surface area contributed by atoms with E-state index in [2.05, 4.69) is 10.2 Å². The lowest BCUT2D eigenvalue weighted by molar-refractivity contribution is -0.124.